The number of esters is 2. The summed E-state index contributed by atoms with van der Waals surface area (Å²) in [6.45, 7) is 10.7. The van der Waals surface area contributed by atoms with Gasteiger partial charge in [0.2, 0.25) is 0 Å². The predicted molar refractivity (Wildman–Crippen MR) is 73.7 cm³/mol. The van der Waals surface area contributed by atoms with Crippen molar-refractivity contribution in [3.8, 4) is 0 Å². The van der Waals surface area contributed by atoms with Gasteiger partial charge in [-0.2, -0.15) is 0 Å². The second-order valence-electron chi connectivity index (χ2n) is 6.32. The summed E-state index contributed by atoms with van der Waals surface area (Å²) in [5.74, 6) is -0.848. The van der Waals surface area contributed by atoms with Gasteiger partial charge in [-0.25, -0.2) is 4.84 Å². The molecule has 1 N–H and O–H groups in total. The van der Waals surface area contributed by atoms with Gasteiger partial charge in [0.1, 0.15) is 17.2 Å². The van der Waals surface area contributed by atoms with Crippen molar-refractivity contribution in [2.75, 3.05) is 0 Å². The van der Waals surface area contributed by atoms with Crippen LogP contribution in [0, 0.1) is 0 Å². The Bertz CT molecular complexity index is 318. The first-order chi connectivity index (χ1) is 8.44. The van der Waals surface area contributed by atoms with Gasteiger partial charge in [-0.05, 0) is 59.7 Å². The minimum atomic E-state index is -0.728. The Hall–Kier alpha value is -0.810. The third kappa shape index (κ3) is 9.73. The molecule has 0 bridgehead atoms. The van der Waals surface area contributed by atoms with Crippen LogP contribution in [0.5, 0.6) is 0 Å². The summed E-state index contributed by atoms with van der Waals surface area (Å²) in [6, 6.07) is -0.728. The van der Waals surface area contributed by atoms with E-state index in [9.17, 15) is 9.59 Å². The van der Waals surface area contributed by atoms with Crippen molar-refractivity contribution in [2.24, 2.45) is 0 Å². The Labute approximate surface area is 120 Å². The second-order valence-corrected chi connectivity index (χ2v) is 6.54. The molecular weight excluding hydrogens is 270 g/mol. The topological polar surface area (TPSA) is 64.6 Å². The van der Waals surface area contributed by atoms with Crippen molar-refractivity contribution in [3.05, 3.63) is 0 Å². The van der Waals surface area contributed by atoms with Gasteiger partial charge in [-0.1, -0.05) is 0 Å². The first-order valence-corrected chi connectivity index (χ1v) is 6.63. The summed E-state index contributed by atoms with van der Waals surface area (Å²) in [7, 11) is 0. The lowest BCUT2D eigenvalue weighted by Gasteiger charge is -2.23. The zero-order valence-electron chi connectivity index (χ0n) is 12.5. The Morgan fingerprint density at radius 2 is 1.53 bits per heavy atom. The maximum absolute atomic E-state index is 11.8. The summed E-state index contributed by atoms with van der Waals surface area (Å²) in [5.41, 5.74) is -1.12. The number of nitrogens with one attached hydrogen (secondary N) is 1. The maximum Gasteiger partial charge on any atom is 0.324 e. The number of hydrogen-bond acceptors (Lipinski definition) is 5. The monoisotopic (exact) mass is 293 g/mol. The second kappa shape index (κ2) is 7.10. The molecule has 19 heavy (non-hydrogen) atoms. The van der Waals surface area contributed by atoms with Gasteiger partial charge < -0.3 is 9.47 Å². The first-order valence-electron chi connectivity index (χ1n) is 6.25. The van der Waals surface area contributed by atoms with Gasteiger partial charge in [-0.3, -0.25) is 9.59 Å². The van der Waals surface area contributed by atoms with E-state index in [4.69, 9.17) is 21.3 Å². The Morgan fingerprint density at radius 3 is 1.89 bits per heavy atom. The molecule has 112 valence electrons. The fraction of sp³-hybridized carbons (Fsp3) is 0.846. The summed E-state index contributed by atoms with van der Waals surface area (Å²) in [5, 5.41) is 0. The molecule has 5 nitrogen and oxygen atoms in total. The molecule has 0 aromatic carbocycles. The van der Waals surface area contributed by atoms with Crippen LogP contribution in [0.15, 0.2) is 0 Å². The largest absolute Gasteiger partial charge is 0.460 e. The number of carbonyl (C=O) groups is 2. The third-order valence-electron chi connectivity index (χ3n) is 1.88. The average Bonchev–Trinajstić information content (AvgIpc) is 2.12. The van der Waals surface area contributed by atoms with Crippen LogP contribution in [0.2, 0.25) is 0 Å². The van der Waals surface area contributed by atoms with Crippen molar-refractivity contribution >= 4 is 23.7 Å². The third-order valence-corrected chi connectivity index (χ3v) is 2.14. The lowest BCUT2D eigenvalue weighted by molar-refractivity contribution is -0.158. The smallest absolute Gasteiger partial charge is 0.324 e. The zero-order valence-corrected chi connectivity index (χ0v) is 13.3. The van der Waals surface area contributed by atoms with Crippen LogP contribution in [-0.2, 0) is 19.1 Å². The average molecular weight is 294 g/mol. The standard InChI is InChI=1S/C13H24ClNO4/c1-12(2,3)18-10(16)8-7-9(15-14)11(17)19-13(4,5)6/h9,15H,7-8H2,1-6H3/t9-/m0/s1. The van der Waals surface area contributed by atoms with E-state index in [2.05, 4.69) is 4.84 Å². The van der Waals surface area contributed by atoms with Gasteiger partial charge in [0.05, 0.1) is 0 Å². The van der Waals surface area contributed by atoms with Crippen LogP contribution in [0.4, 0.5) is 0 Å². The fourth-order valence-corrected chi connectivity index (χ4v) is 1.44. The van der Waals surface area contributed by atoms with E-state index in [-0.39, 0.29) is 18.8 Å². The Balaban J connectivity index is 4.28. The van der Waals surface area contributed by atoms with E-state index < -0.39 is 23.2 Å². The molecule has 0 heterocycles. The maximum atomic E-state index is 11.8. The van der Waals surface area contributed by atoms with E-state index in [1.807, 2.05) is 0 Å². The number of rotatable bonds is 5. The normalized spacial score (nSPS) is 13.8. The highest BCUT2D eigenvalue weighted by Crippen LogP contribution is 2.13. The van der Waals surface area contributed by atoms with Gasteiger partial charge in [0.25, 0.3) is 0 Å². The molecule has 0 aliphatic rings. The molecule has 6 heteroatoms. The molecule has 0 aromatic rings. The summed E-state index contributed by atoms with van der Waals surface area (Å²) >= 11 is 5.50. The van der Waals surface area contributed by atoms with Crippen LogP contribution < -0.4 is 4.84 Å². The SMILES string of the molecule is CC(C)(C)OC(=O)CC[C@H](NCl)C(=O)OC(C)(C)C. The Morgan fingerprint density at radius 1 is 1.05 bits per heavy atom. The molecule has 0 aliphatic carbocycles. The summed E-state index contributed by atoms with van der Waals surface area (Å²) in [4.78, 5) is 25.6. The molecule has 0 aliphatic heterocycles. The molecule has 0 fully saturated rings. The highest BCUT2D eigenvalue weighted by Gasteiger charge is 2.26. The molecule has 0 rings (SSSR count). The quantitative estimate of drug-likeness (QED) is 0.623. The molecule has 0 unspecified atom stereocenters. The van der Waals surface area contributed by atoms with Crippen LogP contribution in [0.3, 0.4) is 0 Å². The number of halogens is 1. The molecule has 0 aromatic heterocycles. The molecule has 0 amide bonds. The predicted octanol–water partition coefficient (Wildman–Crippen LogP) is 2.56. The molecular formula is C13H24ClNO4. The van der Waals surface area contributed by atoms with Gasteiger partial charge >= 0.3 is 11.9 Å². The van der Waals surface area contributed by atoms with Crippen molar-refractivity contribution in [1.29, 1.82) is 0 Å². The summed E-state index contributed by atoms with van der Waals surface area (Å²) in [6.07, 6.45) is 0.328. The van der Waals surface area contributed by atoms with Crippen molar-refractivity contribution in [1.82, 2.24) is 4.84 Å². The highest BCUT2D eigenvalue weighted by atomic mass is 35.5. The van der Waals surface area contributed by atoms with Crippen LogP contribution in [-0.4, -0.2) is 29.2 Å². The molecule has 0 radical (unpaired) electrons. The van der Waals surface area contributed by atoms with E-state index in [0.29, 0.717) is 0 Å². The van der Waals surface area contributed by atoms with Crippen LogP contribution in [0.25, 0.3) is 0 Å². The minimum Gasteiger partial charge on any atom is -0.460 e. The fourth-order valence-electron chi connectivity index (χ4n) is 1.24. The molecule has 0 saturated carbocycles. The Kier molecular flexibility index (Phi) is 6.80. The zero-order chi connectivity index (χ0) is 15.3. The minimum absolute atomic E-state index is 0.0981. The molecule has 0 saturated heterocycles. The number of ether oxygens (including phenoxy) is 2. The number of carbonyl (C=O) groups excluding carboxylic acids is 2. The van der Waals surface area contributed by atoms with Gasteiger partial charge in [0.15, 0.2) is 0 Å². The summed E-state index contributed by atoms with van der Waals surface area (Å²) < 4.78 is 10.3. The van der Waals surface area contributed by atoms with E-state index >= 15 is 0 Å². The first kappa shape index (κ1) is 18.2. The van der Waals surface area contributed by atoms with E-state index in [1.54, 1.807) is 41.5 Å². The molecule has 1 atom stereocenters. The van der Waals surface area contributed by atoms with E-state index in [1.165, 1.54) is 0 Å². The van der Waals surface area contributed by atoms with Crippen molar-refractivity contribution in [3.63, 3.8) is 0 Å². The lowest BCUT2D eigenvalue weighted by Crippen LogP contribution is -2.38. The van der Waals surface area contributed by atoms with Gasteiger partial charge in [-0.15, -0.1) is 0 Å². The molecule has 0 spiro atoms. The van der Waals surface area contributed by atoms with Gasteiger partial charge in [0, 0.05) is 6.42 Å². The van der Waals surface area contributed by atoms with Crippen LogP contribution >= 0.6 is 11.8 Å². The van der Waals surface area contributed by atoms with Crippen LogP contribution in [0.1, 0.15) is 54.4 Å². The van der Waals surface area contributed by atoms with E-state index in [0.717, 1.165) is 0 Å². The highest BCUT2D eigenvalue weighted by molar-refractivity contribution is 6.14. The number of hydrogen-bond donors (Lipinski definition) is 1. The van der Waals surface area contributed by atoms with Crippen molar-refractivity contribution in [2.45, 2.75) is 71.6 Å². The lowest BCUT2D eigenvalue weighted by atomic mass is 10.1. The van der Waals surface area contributed by atoms with Crippen molar-refractivity contribution < 1.29 is 19.1 Å².